The van der Waals surface area contributed by atoms with Gasteiger partial charge in [0.2, 0.25) is 5.91 Å². The van der Waals surface area contributed by atoms with Gasteiger partial charge in [-0.1, -0.05) is 43.7 Å². The Kier molecular flexibility index (Phi) is 12.4. The van der Waals surface area contributed by atoms with Gasteiger partial charge in [0.1, 0.15) is 0 Å². The van der Waals surface area contributed by atoms with Gasteiger partial charge in [-0.3, -0.25) is 19.2 Å². The average Bonchev–Trinajstić information content (AvgIpc) is 2.71. The number of nitrogens with zero attached hydrogens (tertiary/aromatic N) is 2. The smallest absolute Gasteiger partial charge is 0.311 e. The molecule has 8 nitrogen and oxygen atoms in total. The molecular weight excluding hydrogens is 414 g/mol. The number of imide groups is 1. The second-order valence-corrected chi connectivity index (χ2v) is 8.00. The highest BCUT2D eigenvalue weighted by atomic mass is 32.2. The first-order valence-corrected chi connectivity index (χ1v) is 11.3. The fourth-order valence-electron chi connectivity index (χ4n) is 2.95. The van der Waals surface area contributed by atoms with Gasteiger partial charge in [0.25, 0.3) is 0 Å². The molecule has 0 aromatic heterocycles. The average molecular weight is 444 g/mol. The van der Waals surface area contributed by atoms with Crippen molar-refractivity contribution in [1.82, 2.24) is 9.62 Å². The maximum atomic E-state index is 13.2. The summed E-state index contributed by atoms with van der Waals surface area (Å²) in [5.74, 6) is -1.33. The predicted octanol–water partition coefficient (Wildman–Crippen LogP) is 3.24. The van der Waals surface area contributed by atoms with E-state index in [0.717, 1.165) is 31.2 Å². The molecule has 162 valence electrons. The second kappa shape index (κ2) is 14.3. The van der Waals surface area contributed by atoms with Crippen LogP contribution in [0.1, 0.15) is 44.1 Å². The van der Waals surface area contributed by atoms with Crippen molar-refractivity contribution in [1.29, 1.82) is 0 Å². The molecule has 0 bridgehead atoms. The molecule has 1 rings (SSSR count). The minimum absolute atomic E-state index is 0.0758. The van der Waals surface area contributed by atoms with E-state index in [0.29, 0.717) is 12.0 Å². The van der Waals surface area contributed by atoms with Crippen LogP contribution in [-0.2, 0) is 20.0 Å². The molecule has 0 aliphatic rings. The summed E-state index contributed by atoms with van der Waals surface area (Å²) in [5.41, 5.74) is 0.611. The van der Waals surface area contributed by atoms with Crippen molar-refractivity contribution in [3.8, 4) is 0 Å². The monoisotopic (exact) mass is 443 g/mol. The highest BCUT2D eigenvalue weighted by Crippen LogP contribution is 2.22. The van der Waals surface area contributed by atoms with Crippen LogP contribution in [-0.4, -0.2) is 57.8 Å². The molecule has 0 saturated carbocycles. The molecule has 0 saturated heterocycles. The third kappa shape index (κ3) is 9.07. The molecule has 0 aliphatic heterocycles. The van der Waals surface area contributed by atoms with Crippen LogP contribution in [0.5, 0.6) is 0 Å². The molecule has 29 heavy (non-hydrogen) atoms. The number of benzene rings is 1. The number of hydrogen-bond acceptors (Lipinski definition) is 8. The Labute approximate surface area is 178 Å². The largest absolute Gasteiger partial charge is 0.381 e. The normalized spacial score (nSPS) is 12.8. The molecular formula is C19H29N3O5S2. The maximum absolute atomic E-state index is 13.2. The van der Waals surface area contributed by atoms with Crippen LogP contribution < -0.4 is 4.72 Å². The summed E-state index contributed by atoms with van der Waals surface area (Å²) in [5, 5.41) is -0.439. The number of methoxy groups -OCH3 is 1. The zero-order valence-corrected chi connectivity index (χ0v) is 18.7. The van der Waals surface area contributed by atoms with Crippen LogP contribution in [0.2, 0.25) is 0 Å². The van der Waals surface area contributed by atoms with E-state index in [1.807, 2.05) is 0 Å². The first-order valence-electron chi connectivity index (χ1n) is 9.48. The molecule has 0 aliphatic carbocycles. The van der Waals surface area contributed by atoms with E-state index < -0.39 is 27.6 Å². The van der Waals surface area contributed by atoms with Crippen LogP contribution in [0.3, 0.4) is 0 Å². The van der Waals surface area contributed by atoms with Crippen LogP contribution in [0.15, 0.2) is 34.7 Å². The lowest BCUT2D eigenvalue weighted by Crippen LogP contribution is -2.40. The van der Waals surface area contributed by atoms with Crippen LogP contribution in [0.4, 0.5) is 4.79 Å². The quantitative estimate of drug-likeness (QED) is 0.494. The fraction of sp³-hybridized carbons (Fsp3) is 0.579. The Morgan fingerprint density at radius 3 is 2.48 bits per heavy atom. The number of hydrogen-bond donors (Lipinski definition) is 1. The van der Waals surface area contributed by atoms with Crippen molar-refractivity contribution >= 4 is 33.6 Å². The standard InChI is InChI=1S/C19H29N3O5S2/c1-4-9-16(27-3)12-8-13-22(19(24)28-20-2)18(23)17(14-21-29(25)26)15-10-6-5-7-11-15/h5-7,10-11,16-17,20H,4,8-9,12-14H2,1-3H3. The molecule has 2 atom stereocenters. The first-order chi connectivity index (χ1) is 13.9. The molecule has 0 fully saturated rings. The highest BCUT2D eigenvalue weighted by Gasteiger charge is 2.30. The van der Waals surface area contributed by atoms with Crippen molar-refractivity contribution in [2.24, 2.45) is 4.36 Å². The van der Waals surface area contributed by atoms with E-state index in [2.05, 4.69) is 16.0 Å². The van der Waals surface area contributed by atoms with Crippen molar-refractivity contribution < 1.29 is 22.7 Å². The lowest BCUT2D eigenvalue weighted by Gasteiger charge is -2.25. The van der Waals surface area contributed by atoms with Gasteiger partial charge < -0.3 is 4.74 Å². The predicted molar refractivity (Wildman–Crippen MR) is 114 cm³/mol. The van der Waals surface area contributed by atoms with E-state index in [4.69, 9.17) is 4.74 Å². The zero-order chi connectivity index (χ0) is 21.6. The van der Waals surface area contributed by atoms with Gasteiger partial charge in [-0.05, 0) is 31.9 Å². The molecule has 0 heterocycles. The van der Waals surface area contributed by atoms with Crippen molar-refractivity contribution in [2.75, 3.05) is 27.2 Å². The lowest BCUT2D eigenvalue weighted by atomic mass is 9.97. The summed E-state index contributed by atoms with van der Waals surface area (Å²) in [6.45, 7) is 2.05. The fourth-order valence-corrected chi connectivity index (χ4v) is 3.68. The summed E-state index contributed by atoms with van der Waals surface area (Å²) >= 11 is 0.812. The number of ether oxygens (including phenoxy) is 1. The molecule has 10 heteroatoms. The Morgan fingerprint density at radius 1 is 1.24 bits per heavy atom. The van der Waals surface area contributed by atoms with E-state index in [1.54, 1.807) is 44.5 Å². The van der Waals surface area contributed by atoms with Crippen LogP contribution >= 0.6 is 11.9 Å². The lowest BCUT2D eigenvalue weighted by molar-refractivity contribution is -0.129. The summed E-state index contributed by atoms with van der Waals surface area (Å²) < 4.78 is 33.4. The topological polar surface area (TPSA) is 105 Å². The molecule has 1 aromatic carbocycles. The maximum Gasteiger partial charge on any atom is 0.311 e. The van der Waals surface area contributed by atoms with Crippen LogP contribution in [0, 0.1) is 0 Å². The molecule has 0 spiro atoms. The SMILES string of the molecule is CCCC(CCCN(C(=O)SNC)C(=O)C(CN=S(=O)=O)c1ccccc1)OC. The molecule has 1 aromatic rings. The molecule has 1 N–H and O–H groups in total. The first kappa shape index (κ1) is 25.3. The summed E-state index contributed by atoms with van der Waals surface area (Å²) in [6.07, 6.45) is 3.28. The molecule has 0 radical (unpaired) electrons. The van der Waals surface area contributed by atoms with Gasteiger partial charge >= 0.3 is 15.7 Å². The van der Waals surface area contributed by atoms with E-state index in [-0.39, 0.29) is 19.2 Å². The Balaban J connectivity index is 3.04. The van der Waals surface area contributed by atoms with Gasteiger partial charge in [0.05, 0.1) is 18.6 Å². The Bertz CT molecular complexity index is 763. The zero-order valence-electron chi connectivity index (χ0n) is 17.0. The van der Waals surface area contributed by atoms with Gasteiger partial charge in [0, 0.05) is 25.6 Å². The third-order valence-corrected chi connectivity index (χ3v) is 5.35. The minimum atomic E-state index is -2.63. The van der Waals surface area contributed by atoms with Crippen LogP contribution in [0.25, 0.3) is 0 Å². The summed E-state index contributed by atoms with van der Waals surface area (Å²) in [6, 6.07) is 8.76. The van der Waals surface area contributed by atoms with Gasteiger partial charge in [-0.25, -0.2) is 0 Å². The number of amides is 2. The molecule has 2 unspecified atom stereocenters. The van der Waals surface area contributed by atoms with E-state index in [9.17, 15) is 18.0 Å². The number of nitrogens with one attached hydrogen (secondary N) is 1. The van der Waals surface area contributed by atoms with Crippen molar-refractivity contribution in [2.45, 2.75) is 44.6 Å². The highest BCUT2D eigenvalue weighted by molar-refractivity contribution is 8.11. The number of carbonyl (C=O) groups is 2. The van der Waals surface area contributed by atoms with Crippen molar-refractivity contribution in [3.05, 3.63) is 35.9 Å². The van der Waals surface area contributed by atoms with Gasteiger partial charge in [0.15, 0.2) is 0 Å². The molecule has 2 amide bonds. The van der Waals surface area contributed by atoms with Gasteiger partial charge in [-0.15, -0.1) is 0 Å². The van der Waals surface area contributed by atoms with E-state index in [1.165, 1.54) is 4.90 Å². The summed E-state index contributed by atoms with van der Waals surface area (Å²) in [7, 11) is 0.616. The summed E-state index contributed by atoms with van der Waals surface area (Å²) in [4.78, 5) is 26.9. The van der Waals surface area contributed by atoms with E-state index >= 15 is 0 Å². The number of rotatable bonds is 12. The number of carbonyl (C=O) groups excluding carboxylic acids is 2. The third-order valence-electron chi connectivity index (χ3n) is 4.39. The van der Waals surface area contributed by atoms with Gasteiger partial charge in [-0.2, -0.15) is 12.8 Å². The minimum Gasteiger partial charge on any atom is -0.381 e. The second-order valence-electron chi connectivity index (χ2n) is 6.34. The Hall–Kier alpha value is -1.75. The van der Waals surface area contributed by atoms with Crippen molar-refractivity contribution in [3.63, 3.8) is 0 Å². The Morgan fingerprint density at radius 2 is 1.93 bits per heavy atom.